The summed E-state index contributed by atoms with van der Waals surface area (Å²) in [6, 6.07) is 10.4. The standard InChI is InChI=1S/C20H21F3N4/c1-2-24-11-13-5-7-15(8-6-13)16-9-10-17-19(18(16)20(21,22)23)25-26-27(17)12-14-3-4-14/h5-10,14,24H,2-4,11-12H2,1H3. The van der Waals surface area contributed by atoms with Crippen molar-refractivity contribution in [2.45, 2.75) is 39.0 Å². The number of fused-ring (bicyclic) bond motifs is 1. The lowest BCUT2D eigenvalue weighted by Crippen LogP contribution is -2.11. The Hall–Kier alpha value is -2.41. The van der Waals surface area contributed by atoms with Gasteiger partial charge in [-0.2, -0.15) is 13.2 Å². The predicted octanol–water partition coefficient (Wildman–Crippen LogP) is 4.64. The highest BCUT2D eigenvalue weighted by molar-refractivity contribution is 5.87. The monoisotopic (exact) mass is 374 g/mol. The topological polar surface area (TPSA) is 42.7 Å². The third-order valence-corrected chi connectivity index (χ3v) is 4.94. The number of benzene rings is 2. The Morgan fingerprint density at radius 3 is 2.48 bits per heavy atom. The fraction of sp³-hybridized carbons (Fsp3) is 0.400. The molecule has 0 saturated heterocycles. The number of alkyl halides is 3. The molecule has 4 rings (SSSR count). The number of aromatic nitrogens is 3. The van der Waals surface area contributed by atoms with Gasteiger partial charge < -0.3 is 5.32 Å². The maximum atomic E-state index is 13.9. The van der Waals surface area contributed by atoms with Gasteiger partial charge in [-0.1, -0.05) is 42.5 Å². The largest absolute Gasteiger partial charge is 0.419 e. The van der Waals surface area contributed by atoms with Crippen molar-refractivity contribution in [3.63, 3.8) is 0 Å². The van der Waals surface area contributed by atoms with Crippen LogP contribution in [0.2, 0.25) is 0 Å². The number of nitrogens with one attached hydrogen (secondary N) is 1. The summed E-state index contributed by atoms with van der Waals surface area (Å²) in [7, 11) is 0. The van der Waals surface area contributed by atoms with Gasteiger partial charge in [0, 0.05) is 13.1 Å². The summed E-state index contributed by atoms with van der Waals surface area (Å²) >= 11 is 0. The van der Waals surface area contributed by atoms with E-state index in [1.807, 2.05) is 19.1 Å². The summed E-state index contributed by atoms with van der Waals surface area (Å²) in [5.74, 6) is 0.508. The summed E-state index contributed by atoms with van der Waals surface area (Å²) < 4.78 is 43.3. The Balaban J connectivity index is 1.77. The van der Waals surface area contributed by atoms with Gasteiger partial charge in [-0.25, -0.2) is 4.68 Å². The molecule has 1 aromatic heterocycles. The van der Waals surface area contributed by atoms with Gasteiger partial charge in [-0.3, -0.25) is 0 Å². The van der Waals surface area contributed by atoms with Crippen molar-refractivity contribution in [3.8, 4) is 11.1 Å². The second kappa shape index (κ2) is 6.96. The fourth-order valence-corrected chi connectivity index (χ4v) is 3.32. The third-order valence-electron chi connectivity index (χ3n) is 4.94. The normalized spacial score (nSPS) is 14.8. The average Bonchev–Trinajstić information content (AvgIpc) is 3.37. The number of hydrogen-bond acceptors (Lipinski definition) is 3. The van der Waals surface area contributed by atoms with E-state index in [9.17, 15) is 13.2 Å². The Morgan fingerprint density at radius 2 is 1.85 bits per heavy atom. The zero-order valence-electron chi connectivity index (χ0n) is 15.1. The van der Waals surface area contributed by atoms with Crippen LogP contribution in [0.25, 0.3) is 22.2 Å². The Labute approximate surface area is 155 Å². The predicted molar refractivity (Wildman–Crippen MR) is 98.1 cm³/mol. The quantitative estimate of drug-likeness (QED) is 0.684. The maximum Gasteiger partial charge on any atom is 0.419 e. The molecule has 1 saturated carbocycles. The Bertz CT molecular complexity index is 940. The summed E-state index contributed by atoms with van der Waals surface area (Å²) in [4.78, 5) is 0. The van der Waals surface area contributed by atoms with Crippen LogP contribution in [0, 0.1) is 5.92 Å². The molecule has 7 heteroatoms. The lowest BCUT2D eigenvalue weighted by Gasteiger charge is -2.14. The van der Waals surface area contributed by atoms with Crippen molar-refractivity contribution in [1.29, 1.82) is 0 Å². The van der Waals surface area contributed by atoms with Gasteiger partial charge in [0.2, 0.25) is 0 Å². The fourth-order valence-electron chi connectivity index (χ4n) is 3.32. The Morgan fingerprint density at radius 1 is 1.11 bits per heavy atom. The number of hydrogen-bond donors (Lipinski definition) is 1. The van der Waals surface area contributed by atoms with E-state index in [-0.39, 0.29) is 11.1 Å². The Kier molecular flexibility index (Phi) is 4.63. The first-order valence-corrected chi connectivity index (χ1v) is 9.20. The van der Waals surface area contributed by atoms with E-state index in [1.165, 1.54) is 6.07 Å². The number of rotatable bonds is 6. The summed E-state index contributed by atoms with van der Waals surface area (Å²) in [6.07, 6.45) is -2.30. The first-order valence-electron chi connectivity index (χ1n) is 9.20. The van der Waals surface area contributed by atoms with Crippen molar-refractivity contribution in [2.75, 3.05) is 6.54 Å². The van der Waals surface area contributed by atoms with Gasteiger partial charge in [-0.15, -0.1) is 5.10 Å². The molecule has 0 unspecified atom stereocenters. The van der Waals surface area contributed by atoms with Crippen molar-refractivity contribution < 1.29 is 13.2 Å². The average molecular weight is 374 g/mol. The summed E-state index contributed by atoms with van der Waals surface area (Å²) in [5.41, 5.74) is 1.37. The molecule has 0 amide bonds. The van der Waals surface area contributed by atoms with Crippen molar-refractivity contribution in [1.82, 2.24) is 20.3 Å². The van der Waals surface area contributed by atoms with E-state index >= 15 is 0 Å². The molecular weight excluding hydrogens is 353 g/mol. The second-order valence-electron chi connectivity index (χ2n) is 7.05. The highest BCUT2D eigenvalue weighted by Crippen LogP contribution is 2.41. The number of halogens is 3. The molecule has 3 aromatic rings. The third kappa shape index (κ3) is 3.69. The van der Waals surface area contributed by atoms with Crippen LogP contribution in [-0.4, -0.2) is 21.5 Å². The maximum absolute atomic E-state index is 13.9. The summed E-state index contributed by atoms with van der Waals surface area (Å²) in [6.45, 7) is 4.17. The van der Waals surface area contributed by atoms with Gasteiger partial charge in [0.15, 0.2) is 0 Å². The molecule has 0 bridgehead atoms. The van der Waals surface area contributed by atoms with E-state index in [4.69, 9.17) is 0 Å². The van der Waals surface area contributed by atoms with E-state index in [0.717, 1.165) is 24.9 Å². The zero-order valence-corrected chi connectivity index (χ0v) is 15.1. The molecule has 1 heterocycles. The van der Waals surface area contributed by atoms with Crippen LogP contribution in [0.5, 0.6) is 0 Å². The van der Waals surface area contributed by atoms with Crippen LogP contribution < -0.4 is 5.32 Å². The smallest absolute Gasteiger partial charge is 0.313 e. The first-order chi connectivity index (χ1) is 13.0. The van der Waals surface area contributed by atoms with Gasteiger partial charge in [0.25, 0.3) is 0 Å². The minimum atomic E-state index is -4.50. The highest BCUT2D eigenvalue weighted by Gasteiger charge is 2.38. The highest BCUT2D eigenvalue weighted by atomic mass is 19.4. The lowest BCUT2D eigenvalue weighted by atomic mass is 9.97. The first kappa shape index (κ1) is 18.0. The second-order valence-corrected chi connectivity index (χ2v) is 7.05. The van der Waals surface area contributed by atoms with Gasteiger partial charge in [-0.05, 0) is 48.1 Å². The van der Waals surface area contributed by atoms with E-state index in [0.29, 0.717) is 30.1 Å². The van der Waals surface area contributed by atoms with Crippen molar-refractivity contribution >= 4 is 11.0 Å². The van der Waals surface area contributed by atoms with Crippen LogP contribution >= 0.6 is 0 Å². The summed E-state index contributed by atoms with van der Waals surface area (Å²) in [5, 5.41) is 11.1. The molecule has 0 atom stereocenters. The van der Waals surface area contributed by atoms with Crippen LogP contribution in [0.1, 0.15) is 30.9 Å². The molecular formula is C20H21F3N4. The molecule has 27 heavy (non-hydrogen) atoms. The molecule has 0 spiro atoms. The van der Waals surface area contributed by atoms with Gasteiger partial charge >= 0.3 is 6.18 Å². The SMILES string of the molecule is CCNCc1ccc(-c2ccc3c(nnn3CC3CC3)c2C(F)(F)F)cc1. The number of nitrogens with zero attached hydrogens (tertiary/aromatic N) is 3. The zero-order chi connectivity index (χ0) is 19.0. The van der Waals surface area contributed by atoms with E-state index in [1.54, 1.807) is 22.9 Å². The molecule has 0 aliphatic heterocycles. The molecule has 0 radical (unpaired) electrons. The molecule has 1 aliphatic rings. The lowest BCUT2D eigenvalue weighted by molar-refractivity contribution is -0.135. The molecule has 1 fully saturated rings. The van der Waals surface area contributed by atoms with Crippen molar-refractivity contribution in [2.24, 2.45) is 5.92 Å². The van der Waals surface area contributed by atoms with Crippen LogP contribution in [0.4, 0.5) is 13.2 Å². The molecule has 2 aromatic carbocycles. The van der Waals surface area contributed by atoms with Gasteiger partial charge in [0.05, 0.1) is 11.1 Å². The minimum absolute atomic E-state index is 0.0719. The molecule has 4 nitrogen and oxygen atoms in total. The van der Waals surface area contributed by atoms with Crippen LogP contribution in [0.3, 0.4) is 0 Å². The molecule has 1 aliphatic carbocycles. The molecule has 142 valence electrons. The molecule has 1 N–H and O–H groups in total. The van der Waals surface area contributed by atoms with E-state index < -0.39 is 11.7 Å². The van der Waals surface area contributed by atoms with Crippen LogP contribution in [-0.2, 0) is 19.3 Å². The minimum Gasteiger partial charge on any atom is -0.313 e. The van der Waals surface area contributed by atoms with Gasteiger partial charge in [0.1, 0.15) is 5.52 Å². The van der Waals surface area contributed by atoms with Crippen molar-refractivity contribution in [3.05, 3.63) is 47.5 Å². The van der Waals surface area contributed by atoms with E-state index in [2.05, 4.69) is 15.6 Å². The van der Waals surface area contributed by atoms with Crippen LogP contribution in [0.15, 0.2) is 36.4 Å².